The van der Waals surface area contributed by atoms with Gasteiger partial charge in [0.05, 0.1) is 4.90 Å². The molecule has 0 bridgehead atoms. The van der Waals surface area contributed by atoms with Gasteiger partial charge in [-0.2, -0.15) is 4.31 Å². The second-order valence-electron chi connectivity index (χ2n) is 4.55. The van der Waals surface area contributed by atoms with Crippen LogP contribution in [0.5, 0.6) is 0 Å². The van der Waals surface area contributed by atoms with Crippen molar-refractivity contribution < 1.29 is 8.42 Å². The highest BCUT2D eigenvalue weighted by Crippen LogP contribution is 2.29. The predicted octanol–water partition coefficient (Wildman–Crippen LogP) is 3.15. The second kappa shape index (κ2) is 6.17. The molecular formula is C13H18BrNO2S. The molecule has 0 saturated heterocycles. The molecule has 5 heteroatoms. The van der Waals surface area contributed by atoms with E-state index in [9.17, 15) is 8.42 Å². The fourth-order valence-corrected chi connectivity index (χ4v) is 4.30. The third-order valence-electron chi connectivity index (χ3n) is 3.23. The first kappa shape index (κ1) is 14.0. The minimum absolute atomic E-state index is 0.491. The number of benzene rings is 1. The van der Waals surface area contributed by atoms with Gasteiger partial charge in [-0.3, -0.25) is 0 Å². The van der Waals surface area contributed by atoms with Crippen LogP contribution in [0.2, 0.25) is 0 Å². The van der Waals surface area contributed by atoms with Crippen LogP contribution in [0.3, 0.4) is 0 Å². The Bertz CT molecular complexity index is 501. The first-order valence-electron chi connectivity index (χ1n) is 6.30. The summed E-state index contributed by atoms with van der Waals surface area (Å²) in [6.07, 6.45) is 4.35. The molecule has 1 aliphatic heterocycles. The highest BCUT2D eigenvalue weighted by molar-refractivity contribution is 9.09. The molecule has 0 unspecified atom stereocenters. The van der Waals surface area contributed by atoms with Gasteiger partial charge >= 0.3 is 0 Å². The summed E-state index contributed by atoms with van der Waals surface area (Å²) in [6.45, 7) is 1.18. The molecule has 1 heterocycles. The van der Waals surface area contributed by atoms with E-state index in [-0.39, 0.29) is 0 Å². The fraction of sp³-hybridized carbons (Fsp3) is 0.538. The summed E-state index contributed by atoms with van der Waals surface area (Å²) in [6, 6.07) is 7.29. The van der Waals surface area contributed by atoms with Crippen molar-refractivity contribution in [2.45, 2.75) is 37.1 Å². The number of alkyl halides is 1. The zero-order valence-electron chi connectivity index (χ0n) is 10.3. The van der Waals surface area contributed by atoms with Gasteiger partial charge in [-0.25, -0.2) is 8.42 Å². The average Bonchev–Trinajstić information content (AvgIpc) is 2.62. The lowest BCUT2D eigenvalue weighted by atomic mass is 10.2. The van der Waals surface area contributed by atoms with Gasteiger partial charge in [-0.05, 0) is 24.5 Å². The molecule has 1 aromatic carbocycles. The summed E-state index contributed by atoms with van der Waals surface area (Å²) in [5, 5.41) is 1.03. The molecule has 0 atom stereocenters. The van der Waals surface area contributed by atoms with E-state index < -0.39 is 10.0 Å². The number of hydrogen-bond acceptors (Lipinski definition) is 2. The lowest BCUT2D eigenvalue weighted by Crippen LogP contribution is -2.25. The van der Waals surface area contributed by atoms with Crippen LogP contribution in [0, 0.1) is 0 Å². The van der Waals surface area contributed by atoms with Crippen molar-refractivity contribution in [3.05, 3.63) is 29.8 Å². The Morgan fingerprint density at radius 1 is 1.11 bits per heavy atom. The van der Waals surface area contributed by atoms with Gasteiger partial charge in [0.2, 0.25) is 10.0 Å². The summed E-state index contributed by atoms with van der Waals surface area (Å²) in [5.74, 6) is 0. The van der Waals surface area contributed by atoms with Gasteiger partial charge in [0.25, 0.3) is 0 Å². The van der Waals surface area contributed by atoms with E-state index in [1.807, 2.05) is 12.1 Å². The maximum Gasteiger partial charge on any atom is 0.243 e. The van der Waals surface area contributed by atoms with Crippen molar-refractivity contribution in [1.29, 1.82) is 0 Å². The molecule has 0 amide bonds. The molecule has 2 rings (SSSR count). The third kappa shape index (κ3) is 2.95. The molecule has 18 heavy (non-hydrogen) atoms. The van der Waals surface area contributed by atoms with Crippen LogP contribution in [0.4, 0.5) is 0 Å². The smallest absolute Gasteiger partial charge is 0.207 e. The van der Waals surface area contributed by atoms with Gasteiger partial charge < -0.3 is 0 Å². The molecule has 100 valence electrons. The lowest BCUT2D eigenvalue weighted by molar-refractivity contribution is 0.409. The summed E-state index contributed by atoms with van der Waals surface area (Å²) < 4.78 is 26.0. The van der Waals surface area contributed by atoms with Gasteiger partial charge in [-0.15, -0.1) is 0 Å². The Labute approximate surface area is 117 Å². The van der Waals surface area contributed by atoms with Crippen LogP contribution >= 0.6 is 15.9 Å². The van der Waals surface area contributed by atoms with Crippen molar-refractivity contribution >= 4 is 26.0 Å². The third-order valence-corrected chi connectivity index (χ3v) is 5.73. The van der Waals surface area contributed by atoms with Crippen LogP contribution in [0.1, 0.15) is 31.2 Å². The van der Waals surface area contributed by atoms with Gasteiger partial charge in [-0.1, -0.05) is 47.0 Å². The molecule has 3 nitrogen and oxygen atoms in total. The van der Waals surface area contributed by atoms with Crippen molar-refractivity contribution in [2.75, 3.05) is 11.9 Å². The Balaban J connectivity index is 1.93. The predicted molar refractivity (Wildman–Crippen MR) is 76.3 cm³/mol. The Morgan fingerprint density at radius 3 is 2.56 bits per heavy atom. The topological polar surface area (TPSA) is 37.4 Å². The van der Waals surface area contributed by atoms with Crippen LogP contribution in [-0.4, -0.2) is 24.6 Å². The van der Waals surface area contributed by atoms with Crippen LogP contribution in [0.15, 0.2) is 29.2 Å². The Kier molecular flexibility index (Phi) is 4.81. The van der Waals surface area contributed by atoms with Crippen molar-refractivity contribution in [3.63, 3.8) is 0 Å². The van der Waals surface area contributed by atoms with E-state index in [0.717, 1.165) is 36.6 Å². The van der Waals surface area contributed by atoms with Gasteiger partial charge in [0.15, 0.2) is 0 Å². The standard InChI is InChI=1S/C13H18BrNO2S/c14-9-5-1-2-6-10-15-11-12-7-3-4-8-13(12)18(15,16)17/h3-4,7-8H,1-2,5-6,9-11H2. The maximum atomic E-state index is 12.2. The number of unbranched alkanes of at least 4 members (excludes halogenated alkanes) is 3. The van der Waals surface area contributed by atoms with E-state index in [1.165, 1.54) is 0 Å². The normalized spacial score (nSPS) is 17.8. The number of hydrogen-bond donors (Lipinski definition) is 0. The number of nitrogens with zero attached hydrogens (tertiary/aromatic N) is 1. The summed E-state index contributed by atoms with van der Waals surface area (Å²) in [7, 11) is -3.22. The molecule has 0 aliphatic carbocycles. The van der Waals surface area contributed by atoms with E-state index in [2.05, 4.69) is 15.9 Å². The Morgan fingerprint density at radius 2 is 1.83 bits per heavy atom. The quantitative estimate of drug-likeness (QED) is 0.593. The molecule has 0 spiro atoms. The number of fused-ring (bicyclic) bond motifs is 1. The number of halogens is 1. The molecule has 0 N–H and O–H groups in total. The molecule has 0 aromatic heterocycles. The monoisotopic (exact) mass is 331 g/mol. The molecule has 0 fully saturated rings. The van der Waals surface area contributed by atoms with Crippen molar-refractivity contribution in [1.82, 2.24) is 4.31 Å². The summed E-state index contributed by atoms with van der Waals surface area (Å²) in [4.78, 5) is 0.491. The van der Waals surface area contributed by atoms with Crippen LogP contribution < -0.4 is 0 Å². The Hall–Kier alpha value is -0.390. The van der Waals surface area contributed by atoms with Crippen LogP contribution in [0.25, 0.3) is 0 Å². The zero-order chi connectivity index (χ0) is 13.0. The number of rotatable bonds is 6. The molecular weight excluding hydrogens is 314 g/mol. The maximum absolute atomic E-state index is 12.2. The summed E-state index contributed by atoms with van der Waals surface area (Å²) in [5.41, 5.74) is 0.929. The van der Waals surface area contributed by atoms with Crippen LogP contribution in [-0.2, 0) is 16.6 Å². The highest BCUT2D eigenvalue weighted by Gasteiger charge is 2.33. The minimum atomic E-state index is -3.22. The van der Waals surface area contributed by atoms with E-state index in [4.69, 9.17) is 0 Å². The van der Waals surface area contributed by atoms with Crippen molar-refractivity contribution in [3.8, 4) is 0 Å². The summed E-state index contributed by atoms with van der Waals surface area (Å²) >= 11 is 3.40. The first-order chi connectivity index (χ1) is 8.66. The highest BCUT2D eigenvalue weighted by atomic mass is 79.9. The molecule has 1 aromatic rings. The van der Waals surface area contributed by atoms with E-state index >= 15 is 0 Å². The second-order valence-corrected chi connectivity index (χ2v) is 7.25. The fourth-order valence-electron chi connectivity index (χ4n) is 2.24. The zero-order valence-corrected chi connectivity index (χ0v) is 12.7. The van der Waals surface area contributed by atoms with E-state index in [1.54, 1.807) is 16.4 Å². The molecule has 1 aliphatic rings. The van der Waals surface area contributed by atoms with Gasteiger partial charge in [0.1, 0.15) is 0 Å². The van der Waals surface area contributed by atoms with Gasteiger partial charge in [0, 0.05) is 18.4 Å². The lowest BCUT2D eigenvalue weighted by Gasteiger charge is -2.13. The largest absolute Gasteiger partial charge is 0.243 e. The SMILES string of the molecule is O=S1(=O)c2ccccc2CN1CCCCCCBr. The molecule has 0 radical (unpaired) electrons. The van der Waals surface area contributed by atoms with Crippen molar-refractivity contribution in [2.24, 2.45) is 0 Å². The van der Waals surface area contributed by atoms with E-state index in [0.29, 0.717) is 18.0 Å². The first-order valence-corrected chi connectivity index (χ1v) is 8.86. The number of sulfonamides is 1. The minimum Gasteiger partial charge on any atom is -0.207 e. The average molecular weight is 332 g/mol. The molecule has 0 saturated carbocycles.